The van der Waals surface area contributed by atoms with Crippen LogP contribution in [-0.4, -0.2) is 57.1 Å². The van der Waals surface area contributed by atoms with Gasteiger partial charge in [0.1, 0.15) is 11.8 Å². The zero-order chi connectivity index (χ0) is 30.7. The largest absolute Gasteiger partial charge is 0.495 e. The molecule has 0 bridgehead atoms. The lowest BCUT2D eigenvalue weighted by atomic mass is 10.0. The fraction of sp³-hybridized carbons (Fsp3) is 0.394. The van der Waals surface area contributed by atoms with Crippen molar-refractivity contribution in [3.63, 3.8) is 0 Å². The molecule has 1 N–H and O–H groups in total. The Morgan fingerprint density at radius 1 is 0.952 bits per heavy atom. The van der Waals surface area contributed by atoms with Crippen molar-refractivity contribution in [3.05, 3.63) is 95.6 Å². The molecule has 226 valence electrons. The third-order valence-electron chi connectivity index (χ3n) is 7.38. The second kappa shape index (κ2) is 15.4. The van der Waals surface area contributed by atoms with Crippen molar-refractivity contribution in [3.8, 4) is 5.75 Å². The number of methoxy groups -OCH3 is 1. The summed E-state index contributed by atoms with van der Waals surface area (Å²) in [4.78, 5) is 29.3. The van der Waals surface area contributed by atoms with Gasteiger partial charge in [-0.1, -0.05) is 73.7 Å². The highest BCUT2D eigenvalue weighted by Gasteiger charge is 2.31. The van der Waals surface area contributed by atoms with Gasteiger partial charge < -0.3 is 15.0 Å². The molecule has 0 saturated heterocycles. The van der Waals surface area contributed by atoms with E-state index in [1.807, 2.05) is 75.4 Å². The van der Waals surface area contributed by atoms with Gasteiger partial charge in [-0.25, -0.2) is 8.42 Å². The van der Waals surface area contributed by atoms with Crippen molar-refractivity contribution in [2.75, 3.05) is 24.2 Å². The lowest BCUT2D eigenvalue weighted by molar-refractivity contribution is -0.141. The number of anilines is 1. The second-order valence-corrected chi connectivity index (χ2v) is 12.5. The number of rotatable bonds is 15. The van der Waals surface area contributed by atoms with E-state index in [-0.39, 0.29) is 43.8 Å². The third kappa shape index (κ3) is 9.08. The Bertz CT molecular complexity index is 1430. The number of amides is 2. The molecule has 0 aromatic heterocycles. The van der Waals surface area contributed by atoms with Crippen LogP contribution in [0.25, 0.3) is 0 Å². The number of ether oxygens (including phenoxy) is 1. The number of hydrogen-bond acceptors (Lipinski definition) is 5. The maximum Gasteiger partial charge on any atom is 0.243 e. The molecule has 0 fully saturated rings. The van der Waals surface area contributed by atoms with Crippen molar-refractivity contribution in [1.82, 2.24) is 10.2 Å². The van der Waals surface area contributed by atoms with Gasteiger partial charge in [0, 0.05) is 32.0 Å². The van der Waals surface area contributed by atoms with Crippen molar-refractivity contribution >= 4 is 27.5 Å². The number of benzene rings is 3. The summed E-state index contributed by atoms with van der Waals surface area (Å²) < 4.78 is 32.1. The molecule has 3 rings (SSSR count). The van der Waals surface area contributed by atoms with Crippen LogP contribution in [0.15, 0.2) is 78.9 Å². The van der Waals surface area contributed by atoms with E-state index in [0.717, 1.165) is 29.4 Å². The van der Waals surface area contributed by atoms with Crippen molar-refractivity contribution in [2.24, 2.45) is 0 Å². The van der Waals surface area contributed by atoms with Crippen molar-refractivity contribution < 1.29 is 22.7 Å². The van der Waals surface area contributed by atoms with E-state index in [2.05, 4.69) is 5.32 Å². The first-order valence-electron chi connectivity index (χ1n) is 14.3. The molecular formula is C33H43N3O5S. The first-order chi connectivity index (χ1) is 20.0. The number of carbonyl (C=O) groups is 2. The van der Waals surface area contributed by atoms with Crippen LogP contribution < -0.4 is 14.4 Å². The molecule has 3 aromatic carbocycles. The molecule has 0 spiro atoms. The predicted octanol–water partition coefficient (Wildman–Crippen LogP) is 5.10. The fourth-order valence-corrected chi connectivity index (χ4v) is 5.75. The van der Waals surface area contributed by atoms with E-state index in [9.17, 15) is 18.0 Å². The Morgan fingerprint density at radius 2 is 1.60 bits per heavy atom. The van der Waals surface area contributed by atoms with Crippen LogP contribution in [0.1, 0.15) is 49.8 Å². The third-order valence-corrected chi connectivity index (χ3v) is 8.56. The molecule has 0 aliphatic heterocycles. The van der Waals surface area contributed by atoms with Gasteiger partial charge in [0.05, 0.1) is 19.1 Å². The van der Waals surface area contributed by atoms with Crippen LogP contribution in [0.2, 0.25) is 0 Å². The van der Waals surface area contributed by atoms with Crippen molar-refractivity contribution in [2.45, 2.75) is 65.1 Å². The lowest BCUT2D eigenvalue weighted by Crippen LogP contribution is -2.52. The molecular weight excluding hydrogens is 550 g/mol. The van der Waals surface area contributed by atoms with Gasteiger partial charge in [-0.2, -0.15) is 0 Å². The highest BCUT2D eigenvalue weighted by Crippen LogP contribution is 2.30. The minimum absolute atomic E-state index is 0.0460. The van der Waals surface area contributed by atoms with E-state index in [4.69, 9.17) is 4.74 Å². The van der Waals surface area contributed by atoms with Crippen LogP contribution in [0, 0.1) is 6.92 Å². The van der Waals surface area contributed by atoms with Gasteiger partial charge >= 0.3 is 0 Å². The highest BCUT2D eigenvalue weighted by atomic mass is 32.2. The smallest absolute Gasteiger partial charge is 0.243 e. The molecule has 9 heteroatoms. The summed E-state index contributed by atoms with van der Waals surface area (Å²) in [5.74, 6) is 0.00829. The summed E-state index contributed by atoms with van der Waals surface area (Å²) in [7, 11) is -2.16. The maximum absolute atomic E-state index is 14.0. The second-order valence-electron chi connectivity index (χ2n) is 10.6. The Labute approximate surface area is 250 Å². The summed E-state index contributed by atoms with van der Waals surface area (Å²) in [5, 5.41) is 3.08. The first kappa shape index (κ1) is 32.7. The Kier molecular flexibility index (Phi) is 12.0. The fourth-order valence-electron chi connectivity index (χ4n) is 4.78. The zero-order valence-corrected chi connectivity index (χ0v) is 26.1. The van der Waals surface area contributed by atoms with Crippen molar-refractivity contribution in [1.29, 1.82) is 0 Å². The van der Waals surface area contributed by atoms with Gasteiger partial charge in [0.2, 0.25) is 21.8 Å². The average molecular weight is 594 g/mol. The van der Waals surface area contributed by atoms with E-state index in [0.29, 0.717) is 17.9 Å². The summed E-state index contributed by atoms with van der Waals surface area (Å²) in [6.45, 7) is 6.29. The monoisotopic (exact) mass is 593 g/mol. The first-order valence-corrected chi connectivity index (χ1v) is 16.2. The van der Waals surface area contributed by atoms with Gasteiger partial charge in [-0.15, -0.1) is 0 Å². The molecule has 0 radical (unpaired) electrons. The van der Waals surface area contributed by atoms with E-state index in [1.54, 1.807) is 29.2 Å². The zero-order valence-electron chi connectivity index (χ0n) is 25.2. The SMILES string of the molecule is CCC(C)NC(=O)C(Cc1ccccc1)N(Cc1ccccc1C)C(=O)CCCN(c1ccccc1OC)S(C)(=O)=O. The quantitative estimate of drug-likeness (QED) is 0.264. The molecule has 2 atom stereocenters. The summed E-state index contributed by atoms with van der Waals surface area (Å²) >= 11 is 0. The van der Waals surface area contributed by atoms with Crippen LogP contribution >= 0.6 is 0 Å². The van der Waals surface area contributed by atoms with Crippen LogP contribution in [-0.2, 0) is 32.6 Å². The van der Waals surface area contributed by atoms with E-state index < -0.39 is 16.1 Å². The van der Waals surface area contributed by atoms with Crippen LogP contribution in [0.4, 0.5) is 5.69 Å². The molecule has 0 aliphatic carbocycles. The summed E-state index contributed by atoms with van der Waals surface area (Å²) in [5.41, 5.74) is 3.34. The van der Waals surface area contributed by atoms with Gasteiger partial charge in [0.15, 0.2) is 0 Å². The van der Waals surface area contributed by atoms with Gasteiger partial charge in [-0.3, -0.25) is 13.9 Å². The molecule has 0 aliphatic rings. The van der Waals surface area contributed by atoms with E-state index >= 15 is 0 Å². The minimum Gasteiger partial charge on any atom is -0.495 e. The predicted molar refractivity (Wildman–Crippen MR) is 168 cm³/mol. The Morgan fingerprint density at radius 3 is 2.24 bits per heavy atom. The normalized spacial score (nSPS) is 12.7. The molecule has 42 heavy (non-hydrogen) atoms. The Hall–Kier alpha value is -3.85. The lowest BCUT2D eigenvalue weighted by Gasteiger charge is -2.33. The molecule has 8 nitrogen and oxygen atoms in total. The number of para-hydroxylation sites is 2. The number of nitrogens with one attached hydrogen (secondary N) is 1. The molecule has 2 unspecified atom stereocenters. The minimum atomic E-state index is -3.65. The topological polar surface area (TPSA) is 96.0 Å². The summed E-state index contributed by atoms with van der Waals surface area (Å²) in [6, 6.07) is 23.6. The molecule has 3 aromatic rings. The Balaban J connectivity index is 1.91. The van der Waals surface area contributed by atoms with E-state index in [1.165, 1.54) is 11.4 Å². The number of aryl methyl sites for hydroxylation is 1. The van der Waals surface area contributed by atoms with Gasteiger partial charge in [0.25, 0.3) is 0 Å². The van der Waals surface area contributed by atoms with Gasteiger partial charge in [-0.05, 0) is 55.5 Å². The number of carbonyl (C=O) groups excluding carboxylic acids is 2. The van der Waals surface area contributed by atoms with Crippen LogP contribution in [0.5, 0.6) is 5.75 Å². The number of hydrogen-bond donors (Lipinski definition) is 1. The number of sulfonamides is 1. The average Bonchev–Trinajstić information content (AvgIpc) is 2.97. The van der Waals surface area contributed by atoms with Crippen LogP contribution in [0.3, 0.4) is 0 Å². The highest BCUT2D eigenvalue weighted by molar-refractivity contribution is 7.92. The molecule has 0 heterocycles. The summed E-state index contributed by atoms with van der Waals surface area (Å²) in [6.07, 6.45) is 2.59. The standard InChI is InChI=1S/C33H43N3O5S/c1-6-26(3)34-33(38)30(23-27-16-8-7-9-17-27)35(24-28-18-11-10-15-25(28)2)32(37)21-14-22-36(42(5,39)40)29-19-12-13-20-31(29)41-4/h7-13,15-20,26,30H,6,14,21-24H2,1-5H3,(H,34,38). The molecule has 0 saturated carbocycles. The molecule has 2 amide bonds. The number of nitrogens with zero attached hydrogens (tertiary/aromatic N) is 2. The maximum atomic E-state index is 14.0.